The van der Waals surface area contributed by atoms with Gasteiger partial charge in [-0.2, -0.15) is 13.2 Å². The fourth-order valence-corrected chi connectivity index (χ4v) is 2.33. The van der Waals surface area contributed by atoms with Crippen molar-refractivity contribution in [3.63, 3.8) is 0 Å². The van der Waals surface area contributed by atoms with Gasteiger partial charge in [-0.1, -0.05) is 39.7 Å². The van der Waals surface area contributed by atoms with E-state index < -0.39 is 17.6 Å². The van der Waals surface area contributed by atoms with Gasteiger partial charge in [-0.3, -0.25) is 0 Å². The van der Waals surface area contributed by atoms with Gasteiger partial charge in [0.2, 0.25) is 0 Å². The first kappa shape index (κ1) is 16.1. The van der Waals surface area contributed by atoms with E-state index in [0.29, 0.717) is 10.0 Å². The average molecular weight is 383 g/mol. The van der Waals surface area contributed by atoms with E-state index in [2.05, 4.69) is 21.2 Å². The van der Waals surface area contributed by atoms with Crippen molar-refractivity contribution in [1.29, 1.82) is 0 Å². The predicted octanol–water partition coefficient (Wildman–Crippen LogP) is 5.87. The zero-order chi connectivity index (χ0) is 15.6. The van der Waals surface area contributed by atoms with E-state index in [0.717, 1.165) is 6.07 Å². The standard InChI is InChI=1S/C14H9BrClF4N/c15-9-4-5-12(10(6-9)14(18,19)20)21-7-8-2-1-3-11(17)13(8)16/h1-6,21H,7H2. The van der Waals surface area contributed by atoms with E-state index in [1.165, 1.54) is 24.3 Å². The Morgan fingerprint density at radius 3 is 2.52 bits per heavy atom. The predicted molar refractivity (Wildman–Crippen MR) is 77.9 cm³/mol. The van der Waals surface area contributed by atoms with Crippen molar-refractivity contribution < 1.29 is 17.6 Å². The van der Waals surface area contributed by atoms with Crippen LogP contribution >= 0.6 is 27.5 Å². The highest BCUT2D eigenvalue weighted by Crippen LogP contribution is 2.37. The Bertz CT molecular complexity index is 658. The van der Waals surface area contributed by atoms with Crippen LogP contribution in [0.25, 0.3) is 0 Å². The molecule has 0 fully saturated rings. The molecule has 0 aliphatic rings. The molecule has 1 nitrogen and oxygen atoms in total. The summed E-state index contributed by atoms with van der Waals surface area (Å²) < 4.78 is 52.5. The molecule has 0 saturated carbocycles. The molecule has 0 atom stereocenters. The molecular weight excluding hydrogens is 374 g/mol. The molecule has 0 aliphatic carbocycles. The number of nitrogens with one attached hydrogen (secondary N) is 1. The van der Waals surface area contributed by atoms with E-state index in [9.17, 15) is 17.6 Å². The summed E-state index contributed by atoms with van der Waals surface area (Å²) in [5.74, 6) is -0.609. The van der Waals surface area contributed by atoms with Crippen molar-refractivity contribution in [2.24, 2.45) is 0 Å². The lowest BCUT2D eigenvalue weighted by molar-refractivity contribution is -0.137. The summed E-state index contributed by atoms with van der Waals surface area (Å²) in [5, 5.41) is 2.54. The van der Waals surface area contributed by atoms with Gasteiger partial charge in [0.25, 0.3) is 0 Å². The van der Waals surface area contributed by atoms with Gasteiger partial charge >= 0.3 is 6.18 Å². The molecule has 2 aromatic rings. The number of anilines is 1. The van der Waals surface area contributed by atoms with Gasteiger partial charge in [-0.15, -0.1) is 0 Å². The molecule has 0 unspecified atom stereocenters. The van der Waals surface area contributed by atoms with Gasteiger partial charge in [0, 0.05) is 16.7 Å². The topological polar surface area (TPSA) is 12.0 Å². The molecule has 0 bridgehead atoms. The molecule has 1 N–H and O–H groups in total. The summed E-state index contributed by atoms with van der Waals surface area (Å²) in [7, 11) is 0. The quantitative estimate of drug-likeness (QED) is 0.654. The van der Waals surface area contributed by atoms with E-state index in [1.54, 1.807) is 6.07 Å². The summed E-state index contributed by atoms with van der Waals surface area (Å²) >= 11 is 8.78. The number of alkyl halides is 3. The van der Waals surface area contributed by atoms with E-state index in [4.69, 9.17) is 11.6 Å². The van der Waals surface area contributed by atoms with Crippen LogP contribution < -0.4 is 5.32 Å². The normalized spacial score (nSPS) is 11.5. The summed E-state index contributed by atoms with van der Waals surface area (Å²) in [6, 6.07) is 7.96. The molecule has 7 heteroatoms. The molecule has 0 aliphatic heterocycles. The maximum absolute atomic E-state index is 13.3. The van der Waals surface area contributed by atoms with E-state index >= 15 is 0 Å². The van der Waals surface area contributed by atoms with Gasteiger partial charge < -0.3 is 5.32 Å². The molecule has 0 radical (unpaired) electrons. The first-order valence-corrected chi connectivity index (χ1v) is 6.99. The van der Waals surface area contributed by atoms with Crippen molar-refractivity contribution >= 4 is 33.2 Å². The molecule has 0 aromatic heterocycles. The van der Waals surface area contributed by atoms with Crippen molar-refractivity contribution in [2.45, 2.75) is 12.7 Å². The molecule has 0 saturated heterocycles. The number of hydrogen-bond donors (Lipinski definition) is 1. The van der Waals surface area contributed by atoms with Crippen LogP contribution in [-0.4, -0.2) is 0 Å². The molecule has 112 valence electrons. The van der Waals surface area contributed by atoms with Gasteiger partial charge in [0.15, 0.2) is 0 Å². The van der Waals surface area contributed by atoms with Crippen molar-refractivity contribution in [3.05, 3.63) is 62.8 Å². The van der Waals surface area contributed by atoms with Crippen molar-refractivity contribution in [1.82, 2.24) is 0 Å². The Hall–Kier alpha value is -1.27. The Morgan fingerprint density at radius 1 is 1.14 bits per heavy atom. The summed E-state index contributed by atoms with van der Waals surface area (Å²) in [6.45, 7) is -0.0126. The zero-order valence-corrected chi connectivity index (χ0v) is 12.8. The maximum Gasteiger partial charge on any atom is 0.418 e. The van der Waals surface area contributed by atoms with E-state index in [-0.39, 0.29) is 17.3 Å². The van der Waals surface area contributed by atoms with Gasteiger partial charge in [0.05, 0.1) is 10.6 Å². The Labute approximate surface area is 132 Å². The fourth-order valence-electron chi connectivity index (χ4n) is 1.78. The second-order valence-electron chi connectivity index (χ2n) is 4.25. The van der Waals surface area contributed by atoms with E-state index in [1.807, 2.05) is 0 Å². The van der Waals surface area contributed by atoms with Gasteiger partial charge in [-0.05, 0) is 29.8 Å². The first-order chi connectivity index (χ1) is 9.79. The van der Waals surface area contributed by atoms with Crippen LogP contribution in [0.15, 0.2) is 40.9 Å². The van der Waals surface area contributed by atoms with Crippen LogP contribution in [0.4, 0.5) is 23.2 Å². The molecule has 21 heavy (non-hydrogen) atoms. The lowest BCUT2D eigenvalue weighted by Crippen LogP contribution is -2.11. The Kier molecular flexibility index (Phi) is 4.78. The zero-order valence-electron chi connectivity index (χ0n) is 10.4. The van der Waals surface area contributed by atoms with Crippen LogP contribution in [0.3, 0.4) is 0 Å². The fraction of sp³-hybridized carbons (Fsp3) is 0.143. The van der Waals surface area contributed by atoms with Crippen LogP contribution in [0.2, 0.25) is 5.02 Å². The second-order valence-corrected chi connectivity index (χ2v) is 5.55. The van der Waals surface area contributed by atoms with Gasteiger partial charge in [-0.25, -0.2) is 4.39 Å². The third-order valence-corrected chi connectivity index (χ3v) is 3.70. The summed E-state index contributed by atoms with van der Waals surface area (Å²) in [5.41, 5.74) is -0.511. The average Bonchev–Trinajstić information content (AvgIpc) is 2.40. The third kappa shape index (κ3) is 3.89. The minimum Gasteiger partial charge on any atom is -0.380 e. The minimum absolute atomic E-state index is 0.0126. The Balaban J connectivity index is 2.26. The lowest BCUT2D eigenvalue weighted by atomic mass is 10.1. The van der Waals surface area contributed by atoms with Crippen LogP contribution in [-0.2, 0) is 12.7 Å². The smallest absolute Gasteiger partial charge is 0.380 e. The molecular formula is C14H9BrClF4N. The minimum atomic E-state index is -4.49. The third-order valence-electron chi connectivity index (χ3n) is 2.79. The van der Waals surface area contributed by atoms with Crippen LogP contribution in [0.5, 0.6) is 0 Å². The number of benzene rings is 2. The molecule has 2 rings (SSSR count). The number of hydrogen-bond acceptors (Lipinski definition) is 1. The monoisotopic (exact) mass is 381 g/mol. The van der Waals surface area contributed by atoms with Gasteiger partial charge in [0.1, 0.15) is 5.82 Å². The van der Waals surface area contributed by atoms with Crippen molar-refractivity contribution in [2.75, 3.05) is 5.32 Å². The highest BCUT2D eigenvalue weighted by Gasteiger charge is 2.33. The van der Waals surface area contributed by atoms with Crippen LogP contribution in [0, 0.1) is 5.82 Å². The molecule has 0 spiro atoms. The molecule has 0 heterocycles. The first-order valence-electron chi connectivity index (χ1n) is 5.82. The maximum atomic E-state index is 13.3. The number of rotatable bonds is 3. The highest BCUT2D eigenvalue weighted by atomic mass is 79.9. The molecule has 0 amide bonds. The summed E-state index contributed by atoms with van der Waals surface area (Å²) in [4.78, 5) is 0. The summed E-state index contributed by atoms with van der Waals surface area (Å²) in [6.07, 6.45) is -4.49. The molecule has 2 aromatic carbocycles. The number of halogens is 6. The second kappa shape index (κ2) is 6.23. The highest BCUT2D eigenvalue weighted by molar-refractivity contribution is 9.10. The lowest BCUT2D eigenvalue weighted by Gasteiger charge is -2.15. The van der Waals surface area contributed by atoms with Crippen molar-refractivity contribution in [3.8, 4) is 0 Å². The Morgan fingerprint density at radius 2 is 1.86 bits per heavy atom. The largest absolute Gasteiger partial charge is 0.418 e. The SMILES string of the molecule is Fc1cccc(CNc2ccc(Br)cc2C(F)(F)F)c1Cl. The van der Waals surface area contributed by atoms with Crippen LogP contribution in [0.1, 0.15) is 11.1 Å².